The summed E-state index contributed by atoms with van der Waals surface area (Å²) in [7, 11) is 1.00. The maximum atomic E-state index is 9.33. The highest BCUT2D eigenvalue weighted by molar-refractivity contribution is 5.55. The number of anilines is 2. The molecule has 0 bridgehead atoms. The first-order chi connectivity index (χ1) is 10.0. The SMILES string of the molecule is CC(N)C1CCC(C(N)CO)N1c1ccc(N)cc1.CO. The van der Waals surface area contributed by atoms with Crippen LogP contribution < -0.4 is 22.1 Å². The van der Waals surface area contributed by atoms with Gasteiger partial charge in [0, 0.05) is 42.7 Å². The van der Waals surface area contributed by atoms with Gasteiger partial charge >= 0.3 is 0 Å². The minimum atomic E-state index is -0.249. The third-order valence-corrected chi connectivity index (χ3v) is 3.98. The van der Waals surface area contributed by atoms with Crippen LogP contribution in [-0.4, -0.2) is 48.1 Å². The molecule has 0 aromatic heterocycles. The summed E-state index contributed by atoms with van der Waals surface area (Å²) in [6.07, 6.45) is 1.96. The fraction of sp³-hybridized carbons (Fsp3) is 0.600. The van der Waals surface area contributed by atoms with Crippen molar-refractivity contribution in [2.75, 3.05) is 24.4 Å². The van der Waals surface area contributed by atoms with Gasteiger partial charge in [0.2, 0.25) is 0 Å². The summed E-state index contributed by atoms with van der Waals surface area (Å²) in [4.78, 5) is 2.25. The summed E-state index contributed by atoms with van der Waals surface area (Å²) < 4.78 is 0. The Hall–Kier alpha value is -1.34. The Bertz CT molecular complexity index is 411. The Kier molecular flexibility index (Phi) is 6.91. The average Bonchev–Trinajstić information content (AvgIpc) is 2.94. The first-order valence-electron chi connectivity index (χ1n) is 7.25. The maximum absolute atomic E-state index is 9.33. The molecule has 1 aliphatic rings. The molecule has 1 saturated heterocycles. The van der Waals surface area contributed by atoms with Crippen LogP contribution in [0.15, 0.2) is 24.3 Å². The number of rotatable bonds is 4. The van der Waals surface area contributed by atoms with Crippen LogP contribution in [0.5, 0.6) is 0 Å². The Labute approximate surface area is 126 Å². The van der Waals surface area contributed by atoms with Gasteiger partial charge in [0.15, 0.2) is 0 Å². The fourth-order valence-corrected chi connectivity index (χ4v) is 2.95. The van der Waals surface area contributed by atoms with Crippen molar-refractivity contribution in [3.8, 4) is 0 Å². The Morgan fingerprint density at radius 2 is 1.67 bits per heavy atom. The van der Waals surface area contributed by atoms with E-state index >= 15 is 0 Å². The maximum Gasteiger partial charge on any atom is 0.0602 e. The van der Waals surface area contributed by atoms with E-state index in [1.54, 1.807) is 0 Å². The number of aliphatic hydroxyl groups is 2. The standard InChI is InChI=1S/C14H24N4O.CH4O/c1-9(15)13-6-7-14(12(17)8-19)18(13)11-4-2-10(16)3-5-11;1-2/h2-5,9,12-14,19H,6-8,15-17H2,1H3;2H,1H3. The summed E-state index contributed by atoms with van der Waals surface area (Å²) in [5.74, 6) is 0. The molecule has 1 aliphatic heterocycles. The highest BCUT2D eigenvalue weighted by atomic mass is 16.3. The lowest BCUT2D eigenvalue weighted by molar-refractivity contribution is 0.248. The second kappa shape index (κ2) is 8.19. The van der Waals surface area contributed by atoms with Crippen molar-refractivity contribution in [1.29, 1.82) is 0 Å². The van der Waals surface area contributed by atoms with E-state index in [1.807, 2.05) is 31.2 Å². The van der Waals surface area contributed by atoms with Crippen LogP contribution in [0.2, 0.25) is 0 Å². The molecule has 1 aromatic rings. The van der Waals surface area contributed by atoms with Gasteiger partial charge in [-0.3, -0.25) is 0 Å². The van der Waals surface area contributed by atoms with Crippen LogP contribution in [0.4, 0.5) is 11.4 Å². The van der Waals surface area contributed by atoms with Crippen LogP contribution in [0.25, 0.3) is 0 Å². The molecule has 120 valence electrons. The topological polar surface area (TPSA) is 122 Å². The van der Waals surface area contributed by atoms with Gasteiger partial charge in [0.05, 0.1) is 6.61 Å². The van der Waals surface area contributed by atoms with Gasteiger partial charge in [0.1, 0.15) is 0 Å². The van der Waals surface area contributed by atoms with Crippen molar-refractivity contribution < 1.29 is 10.2 Å². The third-order valence-electron chi connectivity index (χ3n) is 3.98. The average molecular weight is 296 g/mol. The van der Waals surface area contributed by atoms with Crippen molar-refractivity contribution in [2.24, 2.45) is 11.5 Å². The van der Waals surface area contributed by atoms with E-state index in [2.05, 4.69) is 4.90 Å². The van der Waals surface area contributed by atoms with Gasteiger partial charge in [-0.15, -0.1) is 0 Å². The molecule has 21 heavy (non-hydrogen) atoms. The van der Waals surface area contributed by atoms with Gasteiger partial charge in [-0.25, -0.2) is 0 Å². The molecule has 0 spiro atoms. The second-order valence-corrected chi connectivity index (χ2v) is 5.42. The molecule has 1 aromatic carbocycles. The van der Waals surface area contributed by atoms with Crippen molar-refractivity contribution in [1.82, 2.24) is 0 Å². The summed E-state index contributed by atoms with van der Waals surface area (Å²) in [5, 5.41) is 16.3. The molecule has 0 amide bonds. The molecule has 8 N–H and O–H groups in total. The number of benzene rings is 1. The minimum Gasteiger partial charge on any atom is -0.400 e. The Morgan fingerprint density at radius 1 is 1.14 bits per heavy atom. The van der Waals surface area contributed by atoms with Gasteiger partial charge < -0.3 is 32.3 Å². The molecule has 1 fully saturated rings. The predicted molar refractivity (Wildman–Crippen MR) is 87.0 cm³/mol. The summed E-state index contributed by atoms with van der Waals surface area (Å²) in [6, 6.07) is 7.95. The Morgan fingerprint density at radius 3 is 2.14 bits per heavy atom. The smallest absolute Gasteiger partial charge is 0.0602 e. The highest BCUT2D eigenvalue weighted by Gasteiger charge is 2.38. The van der Waals surface area contributed by atoms with Crippen LogP contribution in [-0.2, 0) is 0 Å². The van der Waals surface area contributed by atoms with Crippen LogP contribution >= 0.6 is 0 Å². The van der Waals surface area contributed by atoms with E-state index in [-0.39, 0.29) is 30.8 Å². The number of nitrogens with zero attached hydrogens (tertiary/aromatic N) is 1. The first kappa shape index (κ1) is 17.7. The monoisotopic (exact) mass is 296 g/mol. The number of hydrogen-bond donors (Lipinski definition) is 5. The third kappa shape index (κ3) is 4.07. The van der Waals surface area contributed by atoms with E-state index < -0.39 is 0 Å². The molecular formula is C15H28N4O2. The molecule has 4 unspecified atom stereocenters. The molecule has 0 aliphatic carbocycles. The van der Waals surface area contributed by atoms with Gasteiger partial charge in [-0.1, -0.05) is 0 Å². The second-order valence-electron chi connectivity index (χ2n) is 5.42. The van der Waals surface area contributed by atoms with E-state index in [9.17, 15) is 5.11 Å². The molecule has 0 saturated carbocycles. The van der Waals surface area contributed by atoms with Gasteiger partial charge in [-0.05, 0) is 44.0 Å². The number of hydrogen-bond acceptors (Lipinski definition) is 6. The van der Waals surface area contributed by atoms with Crippen LogP contribution in [0, 0.1) is 0 Å². The number of nitrogens with two attached hydrogens (primary N) is 3. The molecule has 6 heteroatoms. The lowest BCUT2D eigenvalue weighted by Gasteiger charge is -2.36. The summed E-state index contributed by atoms with van der Waals surface area (Å²) in [6.45, 7) is 2.00. The van der Waals surface area contributed by atoms with E-state index in [0.717, 1.165) is 31.3 Å². The van der Waals surface area contributed by atoms with E-state index in [0.29, 0.717) is 0 Å². The number of aliphatic hydroxyl groups excluding tert-OH is 2. The van der Waals surface area contributed by atoms with Crippen LogP contribution in [0.3, 0.4) is 0 Å². The lowest BCUT2D eigenvalue weighted by Crippen LogP contribution is -2.52. The number of nitrogen functional groups attached to an aromatic ring is 1. The van der Waals surface area contributed by atoms with E-state index in [1.165, 1.54) is 0 Å². The van der Waals surface area contributed by atoms with Gasteiger partial charge in [0.25, 0.3) is 0 Å². The Balaban J connectivity index is 0.00000106. The van der Waals surface area contributed by atoms with Crippen molar-refractivity contribution in [2.45, 2.75) is 43.9 Å². The molecule has 6 nitrogen and oxygen atoms in total. The zero-order valence-electron chi connectivity index (χ0n) is 12.8. The molecule has 0 radical (unpaired) electrons. The normalized spacial score (nSPS) is 24.2. The first-order valence-corrected chi connectivity index (χ1v) is 7.25. The lowest BCUT2D eigenvalue weighted by atomic mass is 10.1. The van der Waals surface area contributed by atoms with Crippen molar-refractivity contribution in [3.63, 3.8) is 0 Å². The molecule has 4 atom stereocenters. The van der Waals surface area contributed by atoms with Crippen LogP contribution in [0.1, 0.15) is 19.8 Å². The molecule has 1 heterocycles. The van der Waals surface area contributed by atoms with Gasteiger partial charge in [-0.2, -0.15) is 0 Å². The molecule has 2 rings (SSSR count). The largest absolute Gasteiger partial charge is 0.400 e. The van der Waals surface area contributed by atoms with E-state index in [4.69, 9.17) is 22.3 Å². The minimum absolute atomic E-state index is 0.0121. The summed E-state index contributed by atoms with van der Waals surface area (Å²) in [5.41, 5.74) is 19.7. The quantitative estimate of drug-likeness (QED) is 0.494. The zero-order chi connectivity index (χ0) is 16.0. The van der Waals surface area contributed by atoms with Crippen molar-refractivity contribution in [3.05, 3.63) is 24.3 Å². The molecular weight excluding hydrogens is 268 g/mol. The predicted octanol–water partition coefficient (Wildman–Crippen LogP) is -0.118. The summed E-state index contributed by atoms with van der Waals surface area (Å²) >= 11 is 0. The zero-order valence-corrected chi connectivity index (χ0v) is 12.8. The highest BCUT2D eigenvalue weighted by Crippen LogP contribution is 2.33. The fourth-order valence-electron chi connectivity index (χ4n) is 2.95. The van der Waals surface area contributed by atoms with Crippen molar-refractivity contribution >= 4 is 11.4 Å².